The molecule has 1 aliphatic heterocycles. The quantitative estimate of drug-likeness (QED) is 0.430. The van der Waals surface area contributed by atoms with Crippen LogP contribution < -0.4 is 5.55 Å². The zero-order valence-corrected chi connectivity index (χ0v) is 17.5. The van der Waals surface area contributed by atoms with Crippen LogP contribution in [0.2, 0.25) is 0 Å². The molecule has 0 atom stereocenters. The van der Waals surface area contributed by atoms with Crippen LogP contribution in [0.25, 0.3) is 22.1 Å². The number of benzene rings is 3. The Bertz CT molecular complexity index is 1330. The van der Waals surface area contributed by atoms with E-state index in [2.05, 4.69) is 16.3 Å². The molecule has 1 aromatic heterocycles. The van der Waals surface area contributed by atoms with Crippen LogP contribution in [0.1, 0.15) is 5.56 Å². The van der Waals surface area contributed by atoms with Crippen molar-refractivity contribution in [1.82, 2.24) is 4.90 Å². The first-order valence-corrected chi connectivity index (χ1v) is 10.9. The van der Waals surface area contributed by atoms with E-state index in [0.717, 1.165) is 27.7 Å². The van der Waals surface area contributed by atoms with E-state index < -0.39 is 0 Å². The van der Waals surface area contributed by atoms with Crippen LogP contribution in [0.3, 0.4) is 0 Å². The van der Waals surface area contributed by atoms with Crippen LogP contribution in [0.15, 0.2) is 106 Å². The van der Waals surface area contributed by atoms with Gasteiger partial charge in [0.25, 0.3) is 0 Å². The van der Waals surface area contributed by atoms with Gasteiger partial charge in [0.1, 0.15) is 5.58 Å². The predicted molar refractivity (Wildman–Crippen MR) is 124 cm³/mol. The average Bonchev–Trinajstić information content (AvgIpc) is 3.17. The van der Waals surface area contributed by atoms with E-state index in [0.29, 0.717) is 23.0 Å². The summed E-state index contributed by atoms with van der Waals surface area (Å²) >= 11 is 1.39. The van der Waals surface area contributed by atoms with Crippen LogP contribution in [0, 0.1) is 0 Å². The van der Waals surface area contributed by atoms with Gasteiger partial charge in [0, 0.05) is 10.9 Å². The van der Waals surface area contributed by atoms with E-state index >= 15 is 0 Å². The number of carbonyl (C=O) groups is 1. The fraction of sp³-hybridized carbons (Fsp3) is 0.0800. The van der Waals surface area contributed by atoms with Gasteiger partial charge in [0.2, 0.25) is 11.5 Å². The Morgan fingerprint density at radius 1 is 0.871 bits per heavy atom. The fourth-order valence-corrected chi connectivity index (χ4v) is 4.28. The Morgan fingerprint density at radius 2 is 1.58 bits per heavy atom. The summed E-state index contributed by atoms with van der Waals surface area (Å²) < 4.78 is 6.10. The van der Waals surface area contributed by atoms with Crippen LogP contribution >= 0.6 is 11.8 Å². The van der Waals surface area contributed by atoms with Gasteiger partial charge in [-0.15, -0.1) is 10.2 Å². The molecule has 0 saturated carbocycles. The molecule has 6 heteroatoms. The minimum atomic E-state index is 0.0292. The molecule has 3 aromatic carbocycles. The van der Waals surface area contributed by atoms with E-state index in [1.807, 2.05) is 84.9 Å². The van der Waals surface area contributed by atoms with Gasteiger partial charge in [0.05, 0.1) is 12.3 Å². The van der Waals surface area contributed by atoms with E-state index in [1.54, 1.807) is 4.90 Å². The summed E-state index contributed by atoms with van der Waals surface area (Å²) in [5.41, 5.74) is 4.04. The molecule has 152 valence electrons. The highest BCUT2D eigenvalue weighted by atomic mass is 32.2. The number of carbonyl (C=O) groups excluding carboxylic acids is 1. The Balaban J connectivity index is 1.58. The number of thioether (sulfide) groups is 1. The highest BCUT2D eigenvalue weighted by Gasteiger charge is 2.28. The molecule has 0 bridgehead atoms. The standard InChI is InChI=1S/C25H19N3O2S/c29-23-17-31-25(28(23)16-18-9-3-1-4-10-18)27-26-24-21(19-11-5-2-6-12-19)15-20-13-7-8-14-22(20)30-24/h1-15H,16-17H2/b26-24+,27-25+. The van der Waals surface area contributed by atoms with Gasteiger partial charge in [-0.1, -0.05) is 90.6 Å². The molecule has 1 saturated heterocycles. The van der Waals surface area contributed by atoms with Crippen LogP contribution in [-0.2, 0) is 11.3 Å². The topological polar surface area (TPSA) is 58.2 Å². The van der Waals surface area contributed by atoms with Crippen molar-refractivity contribution in [2.24, 2.45) is 10.2 Å². The van der Waals surface area contributed by atoms with E-state index in [-0.39, 0.29) is 5.91 Å². The second-order valence-electron chi connectivity index (χ2n) is 7.11. The van der Waals surface area contributed by atoms with Crippen molar-refractivity contribution in [1.29, 1.82) is 0 Å². The summed E-state index contributed by atoms with van der Waals surface area (Å²) in [6.07, 6.45) is 0. The summed E-state index contributed by atoms with van der Waals surface area (Å²) in [5.74, 6) is 0.392. The van der Waals surface area contributed by atoms with Crippen molar-refractivity contribution in [3.8, 4) is 11.1 Å². The summed E-state index contributed by atoms with van der Waals surface area (Å²) in [7, 11) is 0. The third-order valence-corrected chi connectivity index (χ3v) is 5.96. The molecule has 0 aliphatic carbocycles. The number of amidine groups is 1. The number of hydrogen-bond acceptors (Lipinski definition) is 5. The molecular weight excluding hydrogens is 406 g/mol. The number of amides is 1. The third-order valence-electron chi connectivity index (χ3n) is 5.01. The smallest absolute Gasteiger partial charge is 0.246 e. The lowest BCUT2D eigenvalue weighted by Crippen LogP contribution is -2.28. The Hall–Kier alpha value is -3.64. The lowest BCUT2D eigenvalue weighted by atomic mass is 10.1. The molecule has 31 heavy (non-hydrogen) atoms. The van der Waals surface area contributed by atoms with E-state index in [1.165, 1.54) is 11.8 Å². The van der Waals surface area contributed by atoms with Crippen LogP contribution in [-0.4, -0.2) is 21.7 Å². The first-order chi connectivity index (χ1) is 15.3. The Kier molecular flexibility index (Phi) is 5.37. The van der Waals surface area contributed by atoms with Crippen molar-refractivity contribution >= 4 is 33.8 Å². The largest absolute Gasteiger partial charge is 0.436 e. The second kappa shape index (κ2) is 8.62. The molecule has 5 rings (SSSR count). The molecule has 0 radical (unpaired) electrons. The van der Waals surface area contributed by atoms with Crippen molar-refractivity contribution < 1.29 is 9.21 Å². The minimum Gasteiger partial charge on any atom is -0.436 e. The summed E-state index contributed by atoms with van der Waals surface area (Å²) in [5, 5.41) is 10.4. The maximum atomic E-state index is 12.4. The number of para-hydroxylation sites is 1. The van der Waals surface area contributed by atoms with E-state index in [9.17, 15) is 4.79 Å². The van der Waals surface area contributed by atoms with Gasteiger partial charge < -0.3 is 4.42 Å². The van der Waals surface area contributed by atoms with Gasteiger partial charge in [0.15, 0.2) is 5.17 Å². The zero-order valence-electron chi connectivity index (χ0n) is 16.6. The highest BCUT2D eigenvalue weighted by molar-refractivity contribution is 8.15. The van der Waals surface area contributed by atoms with Gasteiger partial charge in [-0.25, -0.2) is 0 Å². The number of nitrogens with zero attached hydrogens (tertiary/aromatic N) is 3. The minimum absolute atomic E-state index is 0.0292. The molecule has 5 nitrogen and oxygen atoms in total. The van der Waals surface area contributed by atoms with Gasteiger partial charge in [-0.2, -0.15) is 0 Å². The summed E-state index contributed by atoms with van der Waals surface area (Å²) in [6, 6.07) is 29.7. The summed E-state index contributed by atoms with van der Waals surface area (Å²) in [4.78, 5) is 14.1. The number of fused-ring (bicyclic) bond motifs is 1. The SMILES string of the molecule is O=C1CS/C(=N/N=c2/oc3ccccc3cc2-c2ccccc2)N1Cc1ccccc1. The predicted octanol–water partition coefficient (Wildman–Crippen LogP) is 5.05. The Labute approximate surface area is 183 Å². The molecule has 1 amide bonds. The maximum Gasteiger partial charge on any atom is 0.246 e. The normalized spacial score (nSPS) is 15.9. The van der Waals surface area contributed by atoms with Gasteiger partial charge >= 0.3 is 0 Å². The average molecular weight is 426 g/mol. The summed E-state index contributed by atoms with van der Waals surface area (Å²) in [6.45, 7) is 0.474. The monoisotopic (exact) mass is 425 g/mol. The molecule has 4 aromatic rings. The van der Waals surface area contributed by atoms with Crippen molar-refractivity contribution in [3.63, 3.8) is 0 Å². The van der Waals surface area contributed by atoms with E-state index in [4.69, 9.17) is 4.42 Å². The molecular formula is C25H19N3O2S. The molecule has 0 unspecified atom stereocenters. The molecule has 1 fully saturated rings. The first kappa shape index (κ1) is 19.3. The zero-order chi connectivity index (χ0) is 21.0. The molecule has 1 aliphatic rings. The highest BCUT2D eigenvalue weighted by Crippen LogP contribution is 2.23. The van der Waals surface area contributed by atoms with Crippen LogP contribution in [0.4, 0.5) is 0 Å². The third kappa shape index (κ3) is 4.15. The van der Waals surface area contributed by atoms with Gasteiger partial charge in [-0.3, -0.25) is 9.69 Å². The Morgan fingerprint density at radius 3 is 2.39 bits per heavy atom. The first-order valence-electron chi connectivity index (χ1n) is 9.95. The lowest BCUT2D eigenvalue weighted by molar-refractivity contribution is -0.124. The lowest BCUT2D eigenvalue weighted by Gasteiger charge is -2.14. The van der Waals surface area contributed by atoms with Crippen molar-refractivity contribution in [3.05, 3.63) is 102 Å². The molecule has 0 spiro atoms. The van der Waals surface area contributed by atoms with Crippen molar-refractivity contribution in [2.45, 2.75) is 6.54 Å². The number of hydrogen-bond donors (Lipinski definition) is 0. The fourth-order valence-electron chi connectivity index (χ4n) is 3.45. The van der Waals surface area contributed by atoms with Gasteiger partial charge in [-0.05, 0) is 23.3 Å². The molecule has 2 heterocycles. The van der Waals surface area contributed by atoms with Crippen LogP contribution in [0.5, 0.6) is 0 Å². The second-order valence-corrected chi connectivity index (χ2v) is 8.05. The van der Waals surface area contributed by atoms with Crippen molar-refractivity contribution in [2.75, 3.05) is 5.75 Å². The number of rotatable bonds is 4. The molecule has 0 N–H and O–H groups in total. The maximum absolute atomic E-state index is 12.4.